The zero-order valence-electron chi connectivity index (χ0n) is 19.0. The zero-order chi connectivity index (χ0) is 22.9. The summed E-state index contributed by atoms with van der Waals surface area (Å²) >= 11 is 5.73. The number of hydrogen-bond acceptors (Lipinski definition) is 5. The number of carbonyl (C=O) groups is 1. The van der Waals surface area contributed by atoms with Crippen molar-refractivity contribution < 1.29 is 19.0 Å². The van der Waals surface area contributed by atoms with Crippen LogP contribution in [0.2, 0.25) is 0 Å². The molecule has 1 amide bonds. The van der Waals surface area contributed by atoms with E-state index in [-0.39, 0.29) is 12.1 Å². The van der Waals surface area contributed by atoms with Gasteiger partial charge in [0.1, 0.15) is 17.7 Å². The molecule has 1 unspecified atom stereocenters. The molecule has 2 aromatic carbocycles. The molecule has 0 saturated heterocycles. The predicted molar refractivity (Wildman–Crippen MR) is 132 cm³/mol. The van der Waals surface area contributed by atoms with E-state index in [2.05, 4.69) is 22.8 Å². The first-order valence-corrected chi connectivity index (χ1v) is 12.5. The topological polar surface area (TPSA) is 68.8 Å². The van der Waals surface area contributed by atoms with Crippen molar-refractivity contribution in [2.45, 2.75) is 57.6 Å². The van der Waals surface area contributed by atoms with Crippen molar-refractivity contribution in [1.82, 2.24) is 0 Å². The SMILES string of the molecule is O=C1CCc2ccc(OCCCCOc3ccc4c(c3)NC(OCCCCCl)CC4)cc2N1. The molecule has 2 heterocycles. The summed E-state index contributed by atoms with van der Waals surface area (Å²) in [4.78, 5) is 11.6. The van der Waals surface area contributed by atoms with E-state index >= 15 is 0 Å². The lowest BCUT2D eigenvalue weighted by Crippen LogP contribution is -2.28. The number of alkyl halides is 1. The third kappa shape index (κ3) is 7.02. The van der Waals surface area contributed by atoms with Crippen LogP contribution in [0.1, 0.15) is 49.7 Å². The highest BCUT2D eigenvalue weighted by molar-refractivity contribution is 6.17. The number of carbonyl (C=O) groups excluding carboxylic acids is 1. The molecule has 7 heteroatoms. The van der Waals surface area contributed by atoms with Gasteiger partial charge < -0.3 is 24.8 Å². The molecule has 1 atom stereocenters. The fourth-order valence-electron chi connectivity index (χ4n) is 4.10. The van der Waals surface area contributed by atoms with Crippen molar-refractivity contribution in [1.29, 1.82) is 0 Å². The number of aryl methyl sites for hydroxylation is 2. The van der Waals surface area contributed by atoms with Crippen LogP contribution in [-0.4, -0.2) is 37.8 Å². The average molecular weight is 473 g/mol. The van der Waals surface area contributed by atoms with E-state index in [1.165, 1.54) is 11.1 Å². The molecule has 2 aliphatic rings. The van der Waals surface area contributed by atoms with Gasteiger partial charge in [0.05, 0.1) is 13.2 Å². The molecule has 178 valence electrons. The lowest BCUT2D eigenvalue weighted by atomic mass is 10.0. The van der Waals surface area contributed by atoms with Crippen molar-refractivity contribution in [3.63, 3.8) is 0 Å². The van der Waals surface area contributed by atoms with Crippen LogP contribution in [0.5, 0.6) is 11.5 Å². The van der Waals surface area contributed by atoms with Crippen LogP contribution >= 0.6 is 11.6 Å². The van der Waals surface area contributed by atoms with Gasteiger partial charge in [0, 0.05) is 42.4 Å². The molecular formula is C26H33ClN2O4. The number of fused-ring (bicyclic) bond motifs is 2. The Labute approximate surface area is 200 Å². The summed E-state index contributed by atoms with van der Waals surface area (Å²) in [6.07, 6.45) is 7.15. The largest absolute Gasteiger partial charge is 0.494 e. The maximum Gasteiger partial charge on any atom is 0.224 e. The third-order valence-corrected chi connectivity index (χ3v) is 6.24. The van der Waals surface area contributed by atoms with Gasteiger partial charge in [-0.15, -0.1) is 11.6 Å². The van der Waals surface area contributed by atoms with Crippen LogP contribution in [-0.2, 0) is 22.4 Å². The second-order valence-corrected chi connectivity index (χ2v) is 8.91. The molecule has 0 fully saturated rings. The Morgan fingerprint density at radius 2 is 1.48 bits per heavy atom. The molecule has 0 bridgehead atoms. The van der Waals surface area contributed by atoms with Crippen LogP contribution in [0.15, 0.2) is 36.4 Å². The number of ether oxygens (including phenoxy) is 3. The minimum Gasteiger partial charge on any atom is -0.494 e. The van der Waals surface area contributed by atoms with E-state index in [9.17, 15) is 4.79 Å². The second kappa shape index (κ2) is 12.1. The van der Waals surface area contributed by atoms with E-state index in [0.717, 1.165) is 74.4 Å². The maximum absolute atomic E-state index is 11.6. The Kier molecular flexibility index (Phi) is 8.72. The highest BCUT2D eigenvalue weighted by atomic mass is 35.5. The van der Waals surface area contributed by atoms with Gasteiger partial charge in [-0.05, 0) is 68.2 Å². The lowest BCUT2D eigenvalue weighted by Gasteiger charge is -2.27. The molecule has 33 heavy (non-hydrogen) atoms. The highest BCUT2D eigenvalue weighted by Gasteiger charge is 2.18. The minimum atomic E-state index is 0.0529. The van der Waals surface area contributed by atoms with Crippen LogP contribution in [0.4, 0.5) is 11.4 Å². The summed E-state index contributed by atoms with van der Waals surface area (Å²) < 4.78 is 17.8. The average Bonchev–Trinajstić information content (AvgIpc) is 2.83. The number of hydrogen-bond donors (Lipinski definition) is 2. The monoisotopic (exact) mass is 472 g/mol. The molecule has 0 saturated carbocycles. The van der Waals surface area contributed by atoms with Crippen molar-refractivity contribution >= 4 is 28.9 Å². The molecule has 2 aliphatic heterocycles. The standard InChI is InChI=1S/C26H33ClN2O4/c27-13-1-2-16-33-26-12-8-20-6-10-22(18-24(20)29-26)32-15-4-3-14-31-21-9-5-19-7-11-25(30)28-23(19)17-21/h5-6,9-10,17-18,26,29H,1-4,7-8,11-16H2,(H,28,30). The third-order valence-electron chi connectivity index (χ3n) is 5.97. The summed E-state index contributed by atoms with van der Waals surface area (Å²) in [5.41, 5.74) is 4.44. The normalized spacial score (nSPS) is 16.9. The van der Waals surface area contributed by atoms with Crippen molar-refractivity contribution in [2.75, 3.05) is 36.3 Å². The molecule has 2 aromatic rings. The fourth-order valence-corrected chi connectivity index (χ4v) is 4.29. The first-order valence-electron chi connectivity index (χ1n) is 12.0. The van der Waals surface area contributed by atoms with Crippen LogP contribution < -0.4 is 20.1 Å². The van der Waals surface area contributed by atoms with Crippen LogP contribution in [0.25, 0.3) is 0 Å². The Balaban J connectivity index is 1.15. The number of nitrogens with one attached hydrogen (secondary N) is 2. The van der Waals surface area contributed by atoms with Gasteiger partial charge >= 0.3 is 0 Å². The summed E-state index contributed by atoms with van der Waals surface area (Å²) in [5.74, 6) is 2.41. The Bertz CT molecular complexity index is 937. The van der Waals surface area contributed by atoms with Crippen molar-refractivity contribution in [2.24, 2.45) is 0 Å². The summed E-state index contributed by atoms with van der Waals surface area (Å²) in [7, 11) is 0. The molecular weight excluding hydrogens is 440 g/mol. The van der Waals surface area contributed by atoms with Crippen LogP contribution in [0, 0.1) is 0 Å². The Morgan fingerprint density at radius 1 is 0.818 bits per heavy atom. The van der Waals surface area contributed by atoms with Gasteiger partial charge in [-0.1, -0.05) is 12.1 Å². The van der Waals surface area contributed by atoms with Crippen molar-refractivity contribution in [3.05, 3.63) is 47.5 Å². The number of halogens is 1. The number of unbranched alkanes of at least 4 members (excludes halogenated alkanes) is 2. The smallest absolute Gasteiger partial charge is 0.224 e. The molecule has 2 N–H and O–H groups in total. The molecule has 0 aromatic heterocycles. The minimum absolute atomic E-state index is 0.0529. The number of benzene rings is 2. The highest BCUT2D eigenvalue weighted by Crippen LogP contribution is 2.30. The molecule has 0 aliphatic carbocycles. The van der Waals surface area contributed by atoms with E-state index in [1.54, 1.807) is 0 Å². The quantitative estimate of drug-likeness (QED) is 0.314. The number of amides is 1. The van der Waals surface area contributed by atoms with Gasteiger partial charge in [0.15, 0.2) is 0 Å². The lowest BCUT2D eigenvalue weighted by molar-refractivity contribution is -0.116. The van der Waals surface area contributed by atoms with E-state index in [1.807, 2.05) is 24.3 Å². The Morgan fingerprint density at radius 3 is 2.21 bits per heavy atom. The zero-order valence-corrected chi connectivity index (χ0v) is 19.8. The number of rotatable bonds is 12. The second-order valence-electron chi connectivity index (χ2n) is 8.53. The molecule has 0 radical (unpaired) electrons. The van der Waals surface area contributed by atoms with E-state index < -0.39 is 0 Å². The van der Waals surface area contributed by atoms with Gasteiger partial charge in [0.25, 0.3) is 0 Å². The van der Waals surface area contributed by atoms with Gasteiger partial charge in [0.2, 0.25) is 5.91 Å². The summed E-state index contributed by atoms with van der Waals surface area (Å²) in [5, 5.41) is 6.40. The first-order chi connectivity index (χ1) is 16.2. The molecule has 6 nitrogen and oxygen atoms in total. The molecule has 4 rings (SSSR count). The molecule has 0 spiro atoms. The van der Waals surface area contributed by atoms with Gasteiger partial charge in [-0.2, -0.15) is 0 Å². The van der Waals surface area contributed by atoms with E-state index in [0.29, 0.717) is 25.5 Å². The first kappa shape index (κ1) is 23.7. The van der Waals surface area contributed by atoms with E-state index in [4.69, 9.17) is 25.8 Å². The maximum atomic E-state index is 11.6. The predicted octanol–water partition coefficient (Wildman–Crippen LogP) is 5.53. The Hall–Kier alpha value is -2.44. The number of anilines is 2. The fraction of sp³-hybridized carbons (Fsp3) is 0.500. The van der Waals surface area contributed by atoms with Crippen molar-refractivity contribution in [3.8, 4) is 11.5 Å². The summed E-state index contributed by atoms with van der Waals surface area (Å²) in [6, 6.07) is 12.2. The van der Waals surface area contributed by atoms with Gasteiger partial charge in [-0.3, -0.25) is 4.79 Å². The van der Waals surface area contributed by atoms with Gasteiger partial charge in [-0.25, -0.2) is 0 Å². The summed E-state index contributed by atoms with van der Waals surface area (Å²) in [6.45, 7) is 1.99. The van der Waals surface area contributed by atoms with Crippen LogP contribution in [0.3, 0.4) is 0 Å².